The first-order valence-electron chi connectivity index (χ1n) is 9.58. The highest BCUT2D eigenvalue weighted by Gasteiger charge is 2.23. The zero-order valence-corrected chi connectivity index (χ0v) is 18.3. The van der Waals surface area contributed by atoms with Crippen molar-refractivity contribution in [3.63, 3.8) is 0 Å². The summed E-state index contributed by atoms with van der Waals surface area (Å²) in [4.78, 5) is 26.6. The van der Waals surface area contributed by atoms with Crippen LogP contribution in [0.15, 0.2) is 42.7 Å². The van der Waals surface area contributed by atoms with Crippen LogP contribution in [0, 0.1) is 5.41 Å². The summed E-state index contributed by atoms with van der Waals surface area (Å²) in [5.41, 5.74) is 2.59. The molecule has 0 spiro atoms. The third-order valence-electron chi connectivity index (χ3n) is 4.58. The maximum Gasteiger partial charge on any atom is 0.287 e. The molecule has 0 unspecified atom stereocenters. The number of carbonyl (C=O) groups excluding carboxylic acids is 1. The van der Waals surface area contributed by atoms with Crippen molar-refractivity contribution >= 4 is 17.5 Å². The first-order valence-corrected chi connectivity index (χ1v) is 9.96. The molecule has 0 atom stereocenters. The largest absolute Gasteiger partial charge is 0.506 e. The number of imidazole rings is 1. The summed E-state index contributed by atoms with van der Waals surface area (Å²) in [7, 11) is 4.01. The molecule has 2 heterocycles. The van der Waals surface area contributed by atoms with Crippen molar-refractivity contribution in [3.8, 4) is 28.3 Å². The predicted octanol–water partition coefficient (Wildman–Crippen LogP) is 3.82. The summed E-state index contributed by atoms with van der Waals surface area (Å²) >= 11 is 5.95. The molecule has 0 saturated carbocycles. The van der Waals surface area contributed by atoms with E-state index in [1.165, 1.54) is 6.07 Å². The lowest BCUT2D eigenvalue weighted by atomic mass is 9.93. The van der Waals surface area contributed by atoms with Crippen molar-refractivity contribution in [3.05, 3.63) is 53.6 Å². The van der Waals surface area contributed by atoms with Gasteiger partial charge >= 0.3 is 0 Å². The first kappa shape index (κ1) is 21.8. The van der Waals surface area contributed by atoms with Crippen LogP contribution < -0.4 is 5.32 Å². The Morgan fingerprint density at radius 1 is 1.20 bits per heavy atom. The second-order valence-corrected chi connectivity index (χ2v) is 8.70. The maximum absolute atomic E-state index is 12.8. The van der Waals surface area contributed by atoms with Crippen molar-refractivity contribution in [2.24, 2.45) is 5.41 Å². The molecule has 0 aliphatic heterocycles. The van der Waals surface area contributed by atoms with Crippen LogP contribution in [0.3, 0.4) is 0 Å². The summed E-state index contributed by atoms with van der Waals surface area (Å²) in [5, 5.41) is 13.2. The number of hydrogen-bond donors (Lipinski definition) is 3. The number of H-pyrrole nitrogens is 1. The number of halogens is 1. The van der Waals surface area contributed by atoms with Gasteiger partial charge in [-0.3, -0.25) is 9.78 Å². The van der Waals surface area contributed by atoms with E-state index < -0.39 is 0 Å². The highest BCUT2D eigenvalue weighted by atomic mass is 35.5. The third kappa shape index (κ3) is 5.17. The quantitative estimate of drug-likeness (QED) is 0.533. The van der Waals surface area contributed by atoms with Crippen LogP contribution in [0.1, 0.15) is 24.5 Å². The van der Waals surface area contributed by atoms with E-state index in [4.69, 9.17) is 11.6 Å². The molecular formula is C22H26ClN5O2. The fourth-order valence-electron chi connectivity index (χ4n) is 3.39. The number of pyridine rings is 1. The van der Waals surface area contributed by atoms with E-state index in [2.05, 4.69) is 39.0 Å². The van der Waals surface area contributed by atoms with Gasteiger partial charge in [0.25, 0.3) is 5.91 Å². The van der Waals surface area contributed by atoms with Crippen LogP contribution >= 0.6 is 11.6 Å². The van der Waals surface area contributed by atoms with Gasteiger partial charge in [0.05, 0.1) is 16.4 Å². The molecule has 2 aromatic heterocycles. The van der Waals surface area contributed by atoms with E-state index in [-0.39, 0.29) is 27.9 Å². The predicted molar refractivity (Wildman–Crippen MR) is 119 cm³/mol. The van der Waals surface area contributed by atoms with Crippen LogP contribution in [0.5, 0.6) is 5.75 Å². The number of aromatic hydroxyl groups is 1. The smallest absolute Gasteiger partial charge is 0.287 e. The van der Waals surface area contributed by atoms with Crippen LogP contribution in [0.2, 0.25) is 5.02 Å². The Bertz CT molecular complexity index is 1030. The Labute approximate surface area is 181 Å². The Kier molecular flexibility index (Phi) is 6.43. The fraction of sp³-hybridized carbons (Fsp3) is 0.318. The van der Waals surface area contributed by atoms with Gasteiger partial charge in [-0.2, -0.15) is 0 Å². The zero-order valence-electron chi connectivity index (χ0n) is 17.5. The Hall–Kier alpha value is -2.90. The van der Waals surface area contributed by atoms with E-state index in [0.29, 0.717) is 23.5 Å². The van der Waals surface area contributed by atoms with Crippen molar-refractivity contribution in [2.45, 2.75) is 13.8 Å². The second kappa shape index (κ2) is 8.85. The molecule has 0 fully saturated rings. The molecule has 30 heavy (non-hydrogen) atoms. The Morgan fingerprint density at radius 3 is 2.53 bits per heavy atom. The van der Waals surface area contributed by atoms with Gasteiger partial charge in [-0.15, -0.1) is 0 Å². The SMILES string of the molecule is CN(C)CC(C)(C)CNC(=O)c1nc(-c2ccc(Cl)c(O)c2)c(-c2ccncc2)[nH]1. The number of hydrogen-bond acceptors (Lipinski definition) is 5. The number of nitrogens with zero attached hydrogens (tertiary/aromatic N) is 3. The van der Waals surface area contributed by atoms with Crippen molar-refractivity contribution in [2.75, 3.05) is 27.2 Å². The summed E-state index contributed by atoms with van der Waals surface area (Å²) in [6, 6.07) is 8.54. The second-order valence-electron chi connectivity index (χ2n) is 8.30. The minimum atomic E-state index is -0.290. The van der Waals surface area contributed by atoms with E-state index in [0.717, 1.165) is 12.1 Å². The standard InChI is InChI=1S/C22H26ClN5O2/c1-22(2,13-28(3)4)12-25-21(30)20-26-18(14-7-9-24-10-8-14)19(27-20)15-5-6-16(23)17(29)11-15/h5-11,29H,12-13H2,1-4H3,(H,25,30)(H,26,27). The molecule has 8 heteroatoms. The number of amides is 1. The normalized spacial score (nSPS) is 11.7. The van der Waals surface area contributed by atoms with E-state index in [9.17, 15) is 9.90 Å². The number of aromatic amines is 1. The van der Waals surface area contributed by atoms with E-state index >= 15 is 0 Å². The number of carbonyl (C=O) groups is 1. The molecule has 0 saturated heterocycles. The van der Waals surface area contributed by atoms with Gasteiger partial charge in [0, 0.05) is 36.6 Å². The topological polar surface area (TPSA) is 94.1 Å². The Balaban J connectivity index is 1.94. The molecule has 7 nitrogen and oxygen atoms in total. The van der Waals surface area contributed by atoms with Crippen molar-refractivity contribution < 1.29 is 9.90 Å². The maximum atomic E-state index is 12.8. The number of rotatable bonds is 7. The van der Waals surface area contributed by atoms with Crippen LogP contribution in [-0.2, 0) is 0 Å². The third-order valence-corrected chi connectivity index (χ3v) is 4.90. The van der Waals surface area contributed by atoms with Crippen molar-refractivity contribution in [1.82, 2.24) is 25.2 Å². The van der Waals surface area contributed by atoms with Gasteiger partial charge < -0.3 is 20.3 Å². The lowest BCUT2D eigenvalue weighted by Crippen LogP contribution is -2.40. The van der Waals surface area contributed by atoms with Gasteiger partial charge in [-0.25, -0.2) is 4.98 Å². The highest BCUT2D eigenvalue weighted by molar-refractivity contribution is 6.32. The van der Waals surface area contributed by atoms with Gasteiger partial charge in [0.2, 0.25) is 0 Å². The van der Waals surface area contributed by atoms with Crippen LogP contribution in [0.4, 0.5) is 0 Å². The summed E-state index contributed by atoms with van der Waals surface area (Å²) in [6.07, 6.45) is 3.34. The van der Waals surface area contributed by atoms with E-state index in [1.807, 2.05) is 26.2 Å². The molecule has 3 aromatic rings. The first-order chi connectivity index (χ1) is 14.2. The number of phenolic OH excluding ortho intramolecular Hbond substituents is 1. The molecule has 158 valence electrons. The van der Waals surface area contributed by atoms with Gasteiger partial charge in [-0.1, -0.05) is 31.5 Å². The average molecular weight is 428 g/mol. The van der Waals surface area contributed by atoms with Gasteiger partial charge in [0.1, 0.15) is 5.75 Å². The zero-order chi connectivity index (χ0) is 21.9. The molecule has 0 aliphatic rings. The summed E-state index contributed by atoms with van der Waals surface area (Å²) in [6.45, 7) is 5.54. The van der Waals surface area contributed by atoms with Crippen molar-refractivity contribution in [1.29, 1.82) is 0 Å². The lowest BCUT2D eigenvalue weighted by molar-refractivity contribution is 0.0920. The molecule has 0 aliphatic carbocycles. The number of nitrogens with one attached hydrogen (secondary N) is 2. The fourth-order valence-corrected chi connectivity index (χ4v) is 3.51. The molecule has 1 amide bonds. The minimum Gasteiger partial charge on any atom is -0.506 e. The van der Waals surface area contributed by atoms with Gasteiger partial charge in [-0.05, 0) is 43.8 Å². The molecule has 3 rings (SSSR count). The summed E-state index contributed by atoms with van der Waals surface area (Å²) < 4.78 is 0. The average Bonchev–Trinajstić information content (AvgIpc) is 3.13. The minimum absolute atomic E-state index is 0.0470. The van der Waals surface area contributed by atoms with Crippen LogP contribution in [0.25, 0.3) is 22.5 Å². The number of phenols is 1. The Morgan fingerprint density at radius 2 is 1.90 bits per heavy atom. The monoisotopic (exact) mass is 427 g/mol. The molecule has 1 aromatic carbocycles. The van der Waals surface area contributed by atoms with E-state index in [1.54, 1.807) is 24.5 Å². The summed E-state index contributed by atoms with van der Waals surface area (Å²) in [5.74, 6) is -0.136. The van der Waals surface area contributed by atoms with Crippen LogP contribution in [-0.4, -0.2) is 58.1 Å². The molecule has 0 radical (unpaired) electrons. The molecule has 3 N–H and O–H groups in total. The number of aromatic nitrogens is 3. The van der Waals surface area contributed by atoms with Gasteiger partial charge in [0.15, 0.2) is 5.82 Å². The molecular weight excluding hydrogens is 402 g/mol. The lowest BCUT2D eigenvalue weighted by Gasteiger charge is -2.28. The highest BCUT2D eigenvalue weighted by Crippen LogP contribution is 2.34. The number of benzene rings is 1. The molecule has 0 bridgehead atoms.